The molecule has 0 aliphatic heterocycles. The fourth-order valence-electron chi connectivity index (χ4n) is 2.11. The molecule has 0 unspecified atom stereocenters. The summed E-state index contributed by atoms with van der Waals surface area (Å²) in [5, 5.41) is 5.97. The van der Waals surface area contributed by atoms with Gasteiger partial charge >= 0.3 is 0 Å². The van der Waals surface area contributed by atoms with Crippen molar-refractivity contribution in [2.24, 2.45) is 0 Å². The van der Waals surface area contributed by atoms with E-state index in [1.807, 2.05) is 18.3 Å². The van der Waals surface area contributed by atoms with Crippen LogP contribution in [0.25, 0.3) is 10.8 Å². The number of anilines is 1. The molecule has 0 atom stereocenters. The lowest BCUT2D eigenvalue weighted by molar-refractivity contribution is -0.00100. The number of aromatic nitrogens is 1. The number of fused-ring (bicyclic) bond motifs is 1. The zero-order valence-electron chi connectivity index (χ0n) is 10.8. The summed E-state index contributed by atoms with van der Waals surface area (Å²) in [5.41, 5.74) is 2.35. The van der Waals surface area contributed by atoms with E-state index < -0.39 is 0 Å². The van der Waals surface area contributed by atoms with E-state index in [9.17, 15) is 0 Å². The molecule has 0 saturated carbocycles. The Balaban J connectivity index is 0.000001000. The van der Waals surface area contributed by atoms with Gasteiger partial charge in [0.15, 0.2) is 0 Å². The lowest BCUT2D eigenvalue weighted by Gasteiger charge is -2.08. The molecule has 0 spiro atoms. The van der Waals surface area contributed by atoms with Gasteiger partial charge in [0, 0.05) is 18.9 Å². The number of hydrogen-bond acceptors (Lipinski definition) is 2. The first-order chi connectivity index (χ1) is 8.93. The van der Waals surface area contributed by atoms with Gasteiger partial charge in [0.1, 0.15) is 0 Å². The van der Waals surface area contributed by atoms with Crippen LogP contribution < -0.4 is 39.3 Å². The lowest BCUT2D eigenvalue weighted by atomic mass is 10.0. The maximum Gasteiger partial charge on any atom is 0.0529 e. The molecule has 2 nitrogen and oxygen atoms in total. The number of benzene rings is 2. The van der Waals surface area contributed by atoms with E-state index in [2.05, 4.69) is 52.8 Å². The van der Waals surface area contributed by atoms with E-state index in [-0.39, 0.29) is 34.0 Å². The summed E-state index contributed by atoms with van der Waals surface area (Å²) < 4.78 is 0. The van der Waals surface area contributed by atoms with Gasteiger partial charge in [0.05, 0.1) is 5.69 Å². The number of halogens is 2. The van der Waals surface area contributed by atoms with Crippen molar-refractivity contribution >= 4 is 16.5 Å². The Labute approximate surface area is 139 Å². The monoisotopic (exact) mass is 392 g/mol. The van der Waals surface area contributed by atoms with E-state index in [1.54, 1.807) is 6.20 Å². The van der Waals surface area contributed by atoms with Gasteiger partial charge in [-0.15, -0.1) is 0 Å². The standard InChI is InChI=1S/C16H14N2.2BrH/c1-2-9-16-13(5-1)6-3-7-14(16)11-18-15-8-4-10-17-12-15;;/h1-10,12,18H,11H2;2*1H/p-2. The molecule has 0 bridgehead atoms. The molecule has 0 saturated heterocycles. The number of nitrogens with one attached hydrogen (secondary N) is 1. The van der Waals surface area contributed by atoms with Crippen LogP contribution in [-0.4, -0.2) is 4.98 Å². The van der Waals surface area contributed by atoms with Gasteiger partial charge in [-0.25, -0.2) is 0 Å². The lowest BCUT2D eigenvalue weighted by Crippen LogP contribution is -3.00. The summed E-state index contributed by atoms with van der Waals surface area (Å²) in [7, 11) is 0. The van der Waals surface area contributed by atoms with Crippen LogP contribution in [0, 0.1) is 0 Å². The second-order valence-electron chi connectivity index (χ2n) is 4.23. The van der Waals surface area contributed by atoms with E-state index in [1.165, 1.54) is 16.3 Å². The fourth-order valence-corrected chi connectivity index (χ4v) is 2.11. The van der Waals surface area contributed by atoms with Gasteiger partial charge in [0.2, 0.25) is 0 Å². The van der Waals surface area contributed by atoms with Crippen molar-refractivity contribution in [2.45, 2.75) is 6.54 Å². The SMILES string of the molecule is [Br-].[Br-].c1cncc(NCc2cccc3ccccc23)c1. The maximum absolute atomic E-state index is 4.10. The molecule has 0 radical (unpaired) electrons. The summed E-state index contributed by atoms with van der Waals surface area (Å²) in [6.45, 7) is 0.813. The molecule has 0 amide bonds. The van der Waals surface area contributed by atoms with Crippen LogP contribution in [0.2, 0.25) is 0 Å². The minimum atomic E-state index is 0. The Bertz CT molecular complexity index is 651. The first-order valence-corrected chi connectivity index (χ1v) is 6.04. The fraction of sp³-hybridized carbons (Fsp3) is 0.0625. The van der Waals surface area contributed by atoms with Crippen molar-refractivity contribution in [3.63, 3.8) is 0 Å². The van der Waals surface area contributed by atoms with Gasteiger partial charge < -0.3 is 39.3 Å². The van der Waals surface area contributed by atoms with Gasteiger partial charge in [0.25, 0.3) is 0 Å². The minimum absolute atomic E-state index is 0. The van der Waals surface area contributed by atoms with Crippen molar-refractivity contribution in [3.8, 4) is 0 Å². The van der Waals surface area contributed by atoms with E-state index in [4.69, 9.17) is 0 Å². The molecule has 104 valence electrons. The highest BCUT2D eigenvalue weighted by Gasteiger charge is 1.99. The summed E-state index contributed by atoms with van der Waals surface area (Å²) >= 11 is 0. The highest BCUT2D eigenvalue weighted by molar-refractivity contribution is 5.85. The Morgan fingerprint density at radius 3 is 2.45 bits per heavy atom. The molecule has 1 N–H and O–H groups in total. The van der Waals surface area contributed by atoms with Crippen LogP contribution in [0.4, 0.5) is 5.69 Å². The smallest absolute Gasteiger partial charge is 0.0529 e. The predicted molar refractivity (Wildman–Crippen MR) is 75.5 cm³/mol. The van der Waals surface area contributed by atoms with Crippen molar-refractivity contribution < 1.29 is 34.0 Å². The predicted octanol–water partition coefficient (Wildman–Crippen LogP) is -2.15. The molecule has 1 heterocycles. The highest BCUT2D eigenvalue weighted by Crippen LogP contribution is 2.19. The molecule has 20 heavy (non-hydrogen) atoms. The second-order valence-corrected chi connectivity index (χ2v) is 4.23. The van der Waals surface area contributed by atoms with Gasteiger partial charge in [-0.2, -0.15) is 0 Å². The second kappa shape index (κ2) is 8.02. The third-order valence-electron chi connectivity index (χ3n) is 3.02. The average molecular weight is 394 g/mol. The molecule has 0 aliphatic rings. The zero-order chi connectivity index (χ0) is 12.2. The van der Waals surface area contributed by atoms with E-state index >= 15 is 0 Å². The van der Waals surface area contributed by atoms with Crippen LogP contribution in [0.1, 0.15) is 5.56 Å². The van der Waals surface area contributed by atoms with Gasteiger partial charge in [-0.1, -0.05) is 42.5 Å². The summed E-state index contributed by atoms with van der Waals surface area (Å²) in [6.07, 6.45) is 3.62. The van der Waals surface area contributed by atoms with Crippen molar-refractivity contribution in [3.05, 3.63) is 72.6 Å². The summed E-state index contributed by atoms with van der Waals surface area (Å²) in [6, 6.07) is 18.8. The molecule has 1 aromatic heterocycles. The quantitative estimate of drug-likeness (QED) is 0.549. The normalized spacial score (nSPS) is 9.40. The third kappa shape index (κ3) is 3.81. The van der Waals surface area contributed by atoms with Crippen molar-refractivity contribution in [1.82, 2.24) is 4.98 Å². The third-order valence-corrected chi connectivity index (χ3v) is 3.02. The number of rotatable bonds is 3. The Morgan fingerprint density at radius 1 is 0.850 bits per heavy atom. The first-order valence-electron chi connectivity index (χ1n) is 6.04. The van der Waals surface area contributed by atoms with Crippen LogP contribution in [0.5, 0.6) is 0 Å². The number of pyridine rings is 1. The van der Waals surface area contributed by atoms with Crippen LogP contribution >= 0.6 is 0 Å². The summed E-state index contributed by atoms with van der Waals surface area (Å²) in [5.74, 6) is 0. The highest BCUT2D eigenvalue weighted by atomic mass is 79.9. The molecule has 0 aliphatic carbocycles. The number of nitrogens with zero attached hydrogens (tertiary/aromatic N) is 1. The largest absolute Gasteiger partial charge is 1.00 e. The molecule has 3 aromatic rings. The minimum Gasteiger partial charge on any atom is -1.00 e. The Hall–Kier alpha value is -1.39. The van der Waals surface area contributed by atoms with Crippen molar-refractivity contribution in [2.75, 3.05) is 5.32 Å². The van der Waals surface area contributed by atoms with Crippen molar-refractivity contribution in [1.29, 1.82) is 0 Å². The first kappa shape index (κ1) is 16.7. The molecule has 2 aromatic carbocycles. The maximum atomic E-state index is 4.10. The van der Waals surface area contributed by atoms with E-state index in [0.29, 0.717) is 0 Å². The summed E-state index contributed by atoms with van der Waals surface area (Å²) in [4.78, 5) is 4.10. The molecule has 0 fully saturated rings. The Kier molecular flexibility index (Phi) is 6.68. The van der Waals surface area contributed by atoms with Crippen LogP contribution in [-0.2, 0) is 6.54 Å². The van der Waals surface area contributed by atoms with Gasteiger partial charge in [-0.05, 0) is 28.5 Å². The molecule has 4 heteroatoms. The van der Waals surface area contributed by atoms with Crippen LogP contribution in [0.3, 0.4) is 0 Å². The topological polar surface area (TPSA) is 24.9 Å². The number of hydrogen-bond donors (Lipinski definition) is 1. The molecular formula is C16H14Br2N2-2. The molecule has 3 rings (SSSR count). The van der Waals surface area contributed by atoms with Gasteiger partial charge in [-0.3, -0.25) is 4.98 Å². The van der Waals surface area contributed by atoms with E-state index in [0.717, 1.165) is 12.2 Å². The van der Waals surface area contributed by atoms with Crippen LogP contribution in [0.15, 0.2) is 67.0 Å². The Morgan fingerprint density at radius 2 is 1.65 bits per heavy atom. The zero-order valence-corrected chi connectivity index (χ0v) is 13.9. The molecular weight excluding hydrogens is 380 g/mol. The average Bonchev–Trinajstić information content (AvgIpc) is 2.46.